The fourth-order valence-electron chi connectivity index (χ4n) is 2.86. The van der Waals surface area contributed by atoms with Crippen LogP contribution in [-0.2, 0) is 4.74 Å². The monoisotopic (exact) mass is 304 g/mol. The Morgan fingerprint density at radius 3 is 1.95 bits per heavy atom. The number of halogens is 5. The maximum atomic E-state index is 13.2. The normalized spacial score (nSPS) is 36.5. The van der Waals surface area contributed by atoms with Gasteiger partial charge in [-0.05, 0) is 32.6 Å². The van der Waals surface area contributed by atoms with Gasteiger partial charge in [0.05, 0.1) is 6.10 Å². The second kappa shape index (κ2) is 5.75. The third kappa shape index (κ3) is 2.66. The van der Waals surface area contributed by atoms with Gasteiger partial charge in [-0.2, -0.15) is 13.2 Å². The number of methoxy groups -OCH3 is 1. The van der Waals surface area contributed by atoms with Gasteiger partial charge in [0.15, 0.2) is 0 Å². The zero-order chi connectivity index (χ0) is 15.8. The van der Waals surface area contributed by atoms with E-state index in [-0.39, 0.29) is 19.3 Å². The van der Waals surface area contributed by atoms with Crippen LogP contribution in [-0.4, -0.2) is 36.0 Å². The molecule has 7 heteroatoms. The molecule has 0 aromatic rings. The lowest BCUT2D eigenvalue weighted by atomic mass is 9.80. The summed E-state index contributed by atoms with van der Waals surface area (Å²) in [4.78, 5) is 0. The minimum absolute atomic E-state index is 0.0380. The van der Waals surface area contributed by atoms with Gasteiger partial charge in [-0.3, -0.25) is 0 Å². The van der Waals surface area contributed by atoms with Crippen LogP contribution in [0.3, 0.4) is 0 Å². The topological polar surface area (TPSA) is 29.5 Å². The van der Waals surface area contributed by atoms with Gasteiger partial charge in [0.2, 0.25) is 5.60 Å². The average Bonchev–Trinajstić information content (AvgIpc) is 2.91. The van der Waals surface area contributed by atoms with E-state index in [1.807, 2.05) is 0 Å². The Labute approximate surface area is 115 Å². The van der Waals surface area contributed by atoms with Crippen LogP contribution in [0.4, 0.5) is 22.0 Å². The Bertz CT molecular complexity index is 327. The summed E-state index contributed by atoms with van der Waals surface area (Å²) in [6, 6.07) is 0. The van der Waals surface area contributed by atoms with Crippen molar-refractivity contribution >= 4 is 0 Å². The quantitative estimate of drug-likeness (QED) is 0.787. The standard InChI is InChI=1S/C8H9F5O.C5H12O/c9-7(10)5-2-1-4(3-5)6(7,14)8(11,12)13;1-4-5(2)6-3/h4-5,14H,1-3H2;5H,4H2,1-3H3. The molecule has 2 aliphatic rings. The van der Waals surface area contributed by atoms with E-state index < -0.39 is 29.5 Å². The molecule has 2 bridgehead atoms. The molecule has 1 N–H and O–H groups in total. The van der Waals surface area contributed by atoms with Gasteiger partial charge in [-0.25, -0.2) is 8.78 Å². The van der Waals surface area contributed by atoms with Crippen LogP contribution in [0.2, 0.25) is 0 Å². The van der Waals surface area contributed by atoms with E-state index in [0.29, 0.717) is 6.10 Å². The van der Waals surface area contributed by atoms with E-state index in [1.165, 1.54) is 0 Å². The van der Waals surface area contributed by atoms with Gasteiger partial charge in [0.1, 0.15) is 0 Å². The van der Waals surface area contributed by atoms with Gasteiger partial charge >= 0.3 is 6.18 Å². The first kappa shape index (κ1) is 17.6. The first-order valence-corrected chi connectivity index (χ1v) is 6.72. The smallest absolute Gasteiger partial charge is 0.382 e. The molecule has 4 atom stereocenters. The molecule has 120 valence electrons. The molecule has 20 heavy (non-hydrogen) atoms. The molecule has 2 nitrogen and oxygen atoms in total. The molecule has 2 fully saturated rings. The van der Waals surface area contributed by atoms with Crippen molar-refractivity contribution in [3.63, 3.8) is 0 Å². The Morgan fingerprint density at radius 1 is 1.25 bits per heavy atom. The maximum Gasteiger partial charge on any atom is 0.423 e. The molecule has 0 aliphatic heterocycles. The largest absolute Gasteiger partial charge is 0.423 e. The van der Waals surface area contributed by atoms with Crippen LogP contribution < -0.4 is 0 Å². The van der Waals surface area contributed by atoms with E-state index in [9.17, 15) is 27.1 Å². The Hall–Kier alpha value is -0.430. The summed E-state index contributed by atoms with van der Waals surface area (Å²) in [5.74, 6) is -6.66. The Kier molecular flexibility index (Phi) is 5.07. The van der Waals surface area contributed by atoms with Crippen molar-refractivity contribution in [2.75, 3.05) is 7.11 Å². The molecule has 0 radical (unpaired) electrons. The molecule has 2 aliphatic carbocycles. The van der Waals surface area contributed by atoms with Crippen molar-refractivity contribution in [2.24, 2.45) is 11.8 Å². The number of fused-ring (bicyclic) bond motifs is 2. The van der Waals surface area contributed by atoms with Gasteiger partial charge in [0, 0.05) is 18.9 Å². The van der Waals surface area contributed by atoms with Crippen LogP contribution in [0.15, 0.2) is 0 Å². The van der Waals surface area contributed by atoms with Crippen LogP contribution in [0.5, 0.6) is 0 Å². The van der Waals surface area contributed by atoms with Gasteiger partial charge in [-0.15, -0.1) is 0 Å². The van der Waals surface area contributed by atoms with E-state index in [4.69, 9.17) is 4.74 Å². The molecule has 4 unspecified atom stereocenters. The number of hydrogen-bond acceptors (Lipinski definition) is 2. The lowest BCUT2D eigenvalue weighted by Crippen LogP contribution is -2.62. The fourth-order valence-corrected chi connectivity index (χ4v) is 2.86. The van der Waals surface area contributed by atoms with Gasteiger partial charge in [0.25, 0.3) is 5.92 Å². The summed E-state index contributed by atoms with van der Waals surface area (Å²) < 4.78 is 68.4. The molecule has 0 saturated heterocycles. The number of hydrogen-bond donors (Lipinski definition) is 1. The average molecular weight is 304 g/mol. The lowest BCUT2D eigenvalue weighted by molar-refractivity contribution is -0.346. The van der Waals surface area contributed by atoms with E-state index >= 15 is 0 Å². The second-order valence-electron chi connectivity index (χ2n) is 5.55. The number of aliphatic hydroxyl groups is 1. The van der Waals surface area contributed by atoms with Crippen LogP contribution >= 0.6 is 0 Å². The highest BCUT2D eigenvalue weighted by atomic mass is 19.4. The van der Waals surface area contributed by atoms with Crippen LogP contribution in [0.25, 0.3) is 0 Å². The molecular weight excluding hydrogens is 283 g/mol. The molecular formula is C13H21F5O2. The third-order valence-electron chi connectivity index (χ3n) is 4.45. The first-order valence-electron chi connectivity index (χ1n) is 6.72. The molecule has 2 rings (SSSR count). The Morgan fingerprint density at radius 2 is 1.75 bits per heavy atom. The number of alkyl halides is 5. The summed E-state index contributed by atoms with van der Waals surface area (Å²) in [6.45, 7) is 4.16. The van der Waals surface area contributed by atoms with Crippen molar-refractivity contribution in [3.05, 3.63) is 0 Å². The molecule has 0 amide bonds. The summed E-state index contributed by atoms with van der Waals surface area (Å²) in [6.07, 6.45) is -3.80. The van der Waals surface area contributed by atoms with Crippen molar-refractivity contribution in [2.45, 2.75) is 63.3 Å². The SMILES string of the molecule is CCC(C)OC.OC1(C(F)(F)F)C2CCC(C2)C1(F)F. The van der Waals surface area contributed by atoms with Crippen LogP contribution in [0, 0.1) is 11.8 Å². The van der Waals surface area contributed by atoms with E-state index in [0.717, 1.165) is 6.42 Å². The highest BCUT2D eigenvalue weighted by Crippen LogP contribution is 2.64. The minimum Gasteiger partial charge on any atom is -0.382 e. The van der Waals surface area contributed by atoms with Crippen molar-refractivity contribution in [3.8, 4) is 0 Å². The molecule has 0 aromatic heterocycles. The first-order chi connectivity index (χ1) is 9.02. The Balaban J connectivity index is 0.000000286. The summed E-state index contributed by atoms with van der Waals surface area (Å²) in [5.41, 5.74) is -3.79. The van der Waals surface area contributed by atoms with Crippen molar-refractivity contribution in [1.82, 2.24) is 0 Å². The molecule has 2 saturated carbocycles. The predicted molar refractivity (Wildman–Crippen MR) is 63.5 cm³/mol. The maximum absolute atomic E-state index is 13.2. The lowest BCUT2D eigenvalue weighted by Gasteiger charge is -2.40. The number of rotatable bonds is 2. The molecule has 0 heterocycles. The third-order valence-corrected chi connectivity index (χ3v) is 4.45. The number of ether oxygens (including phenoxy) is 1. The van der Waals surface area contributed by atoms with Crippen molar-refractivity contribution < 1.29 is 31.8 Å². The molecule has 0 aromatic carbocycles. The highest BCUT2D eigenvalue weighted by molar-refractivity contribution is 5.15. The highest BCUT2D eigenvalue weighted by Gasteiger charge is 2.80. The molecule has 0 spiro atoms. The van der Waals surface area contributed by atoms with E-state index in [1.54, 1.807) is 7.11 Å². The van der Waals surface area contributed by atoms with Gasteiger partial charge in [-0.1, -0.05) is 6.92 Å². The second-order valence-corrected chi connectivity index (χ2v) is 5.55. The van der Waals surface area contributed by atoms with Crippen molar-refractivity contribution in [1.29, 1.82) is 0 Å². The minimum atomic E-state index is -5.24. The summed E-state index contributed by atoms with van der Waals surface area (Å²) >= 11 is 0. The van der Waals surface area contributed by atoms with Crippen LogP contribution in [0.1, 0.15) is 39.5 Å². The summed E-state index contributed by atoms with van der Waals surface area (Å²) in [5, 5.41) is 9.17. The van der Waals surface area contributed by atoms with E-state index in [2.05, 4.69) is 13.8 Å². The zero-order valence-corrected chi connectivity index (χ0v) is 11.8. The van der Waals surface area contributed by atoms with Gasteiger partial charge < -0.3 is 9.84 Å². The zero-order valence-electron chi connectivity index (χ0n) is 11.8. The fraction of sp³-hybridized carbons (Fsp3) is 1.00. The summed E-state index contributed by atoms with van der Waals surface area (Å²) in [7, 11) is 1.73. The predicted octanol–water partition coefficient (Wildman–Crippen LogP) is 3.78.